The standard InChI is InChI=1S/C18H26BrNO2/c1-11-6-14(11)15-8-16(15)20-9-12-7-13(19)4-5-17(12)22-10-18(2,3)21/h4-5,7,11,14-16,20-21H,6,8-10H2,1-3H3/t11-,14-,15+,16-/m1/s1. The van der Waals surface area contributed by atoms with Gasteiger partial charge in [0.1, 0.15) is 12.4 Å². The summed E-state index contributed by atoms with van der Waals surface area (Å²) < 4.78 is 6.86. The third kappa shape index (κ3) is 4.24. The van der Waals surface area contributed by atoms with Crippen molar-refractivity contribution in [1.82, 2.24) is 5.32 Å². The summed E-state index contributed by atoms with van der Waals surface area (Å²) in [6.07, 6.45) is 2.74. The minimum absolute atomic E-state index is 0.299. The maximum atomic E-state index is 9.83. The van der Waals surface area contributed by atoms with E-state index in [0.717, 1.165) is 40.1 Å². The van der Waals surface area contributed by atoms with Gasteiger partial charge in [0.15, 0.2) is 0 Å². The summed E-state index contributed by atoms with van der Waals surface area (Å²) in [5, 5.41) is 13.5. The number of hydrogen-bond donors (Lipinski definition) is 2. The number of nitrogens with one attached hydrogen (secondary N) is 1. The first-order chi connectivity index (χ1) is 10.3. The van der Waals surface area contributed by atoms with E-state index >= 15 is 0 Å². The molecule has 2 N–H and O–H groups in total. The van der Waals surface area contributed by atoms with Gasteiger partial charge in [-0.05, 0) is 62.6 Å². The molecule has 0 heterocycles. The summed E-state index contributed by atoms with van der Waals surface area (Å²) in [6, 6.07) is 6.73. The lowest BCUT2D eigenvalue weighted by atomic mass is 10.1. The molecule has 2 saturated carbocycles. The Bertz CT molecular complexity index is 540. The predicted molar refractivity (Wildman–Crippen MR) is 91.9 cm³/mol. The Morgan fingerprint density at radius 3 is 2.68 bits per heavy atom. The zero-order valence-electron chi connectivity index (χ0n) is 13.6. The summed E-state index contributed by atoms with van der Waals surface area (Å²) in [4.78, 5) is 0. The molecule has 1 aromatic carbocycles. The Morgan fingerprint density at radius 1 is 1.32 bits per heavy atom. The van der Waals surface area contributed by atoms with Crippen molar-refractivity contribution < 1.29 is 9.84 Å². The van der Waals surface area contributed by atoms with E-state index in [-0.39, 0.29) is 0 Å². The molecule has 0 amide bonds. The van der Waals surface area contributed by atoms with E-state index in [0.29, 0.717) is 12.6 Å². The van der Waals surface area contributed by atoms with Gasteiger partial charge in [0, 0.05) is 22.6 Å². The van der Waals surface area contributed by atoms with Crippen LogP contribution in [0.4, 0.5) is 0 Å². The minimum Gasteiger partial charge on any atom is -0.490 e. The molecule has 4 atom stereocenters. The van der Waals surface area contributed by atoms with Gasteiger partial charge in [-0.15, -0.1) is 0 Å². The van der Waals surface area contributed by atoms with Crippen LogP contribution in [0.5, 0.6) is 5.75 Å². The first-order valence-corrected chi connectivity index (χ1v) is 9.00. The number of hydrogen-bond acceptors (Lipinski definition) is 3. The third-order valence-corrected chi connectivity index (χ3v) is 5.21. The Kier molecular flexibility index (Phi) is 4.54. The topological polar surface area (TPSA) is 41.5 Å². The van der Waals surface area contributed by atoms with Gasteiger partial charge in [-0.3, -0.25) is 0 Å². The smallest absolute Gasteiger partial charge is 0.124 e. The molecule has 0 bridgehead atoms. The molecule has 22 heavy (non-hydrogen) atoms. The molecule has 0 spiro atoms. The van der Waals surface area contributed by atoms with E-state index in [9.17, 15) is 5.11 Å². The minimum atomic E-state index is -0.818. The van der Waals surface area contributed by atoms with Crippen molar-refractivity contribution in [3.05, 3.63) is 28.2 Å². The molecule has 0 saturated heterocycles. The lowest BCUT2D eigenvalue weighted by molar-refractivity contribution is 0.0281. The van der Waals surface area contributed by atoms with Gasteiger partial charge in [-0.1, -0.05) is 22.9 Å². The molecule has 4 heteroatoms. The fourth-order valence-electron chi connectivity index (χ4n) is 3.19. The molecule has 122 valence electrons. The van der Waals surface area contributed by atoms with Gasteiger partial charge in [-0.2, -0.15) is 0 Å². The van der Waals surface area contributed by atoms with Gasteiger partial charge in [0.05, 0.1) is 5.60 Å². The molecule has 3 rings (SSSR count). The van der Waals surface area contributed by atoms with Gasteiger partial charge in [0.2, 0.25) is 0 Å². The zero-order chi connectivity index (χ0) is 15.9. The SMILES string of the molecule is C[C@@H]1C[C@H]1[C@@H]1C[C@H]1NCc1cc(Br)ccc1OCC(C)(C)O. The Labute approximate surface area is 141 Å². The Morgan fingerprint density at radius 2 is 2.05 bits per heavy atom. The monoisotopic (exact) mass is 367 g/mol. The highest BCUT2D eigenvalue weighted by molar-refractivity contribution is 9.10. The highest BCUT2D eigenvalue weighted by Gasteiger charge is 2.51. The summed E-state index contributed by atoms with van der Waals surface area (Å²) in [5.74, 6) is 3.65. The number of benzene rings is 1. The van der Waals surface area contributed by atoms with Crippen LogP contribution >= 0.6 is 15.9 Å². The van der Waals surface area contributed by atoms with Gasteiger partial charge >= 0.3 is 0 Å². The maximum Gasteiger partial charge on any atom is 0.124 e. The fourth-order valence-corrected chi connectivity index (χ4v) is 3.60. The molecule has 0 aliphatic heterocycles. The molecule has 0 radical (unpaired) electrons. The van der Waals surface area contributed by atoms with Crippen molar-refractivity contribution in [3.63, 3.8) is 0 Å². The van der Waals surface area contributed by atoms with Crippen molar-refractivity contribution in [2.75, 3.05) is 6.61 Å². The lowest BCUT2D eigenvalue weighted by Gasteiger charge is -2.20. The van der Waals surface area contributed by atoms with Crippen LogP contribution in [0.3, 0.4) is 0 Å². The first kappa shape index (κ1) is 16.3. The van der Waals surface area contributed by atoms with Crippen LogP contribution in [0.2, 0.25) is 0 Å². The van der Waals surface area contributed by atoms with Crippen molar-refractivity contribution >= 4 is 15.9 Å². The second-order valence-corrected chi connectivity index (χ2v) is 8.53. The van der Waals surface area contributed by atoms with Crippen molar-refractivity contribution in [1.29, 1.82) is 0 Å². The molecule has 3 nitrogen and oxygen atoms in total. The molecule has 2 aliphatic carbocycles. The van der Waals surface area contributed by atoms with Crippen LogP contribution in [0.25, 0.3) is 0 Å². The first-order valence-electron chi connectivity index (χ1n) is 8.20. The molecule has 0 unspecified atom stereocenters. The second kappa shape index (κ2) is 6.14. The lowest BCUT2D eigenvalue weighted by Crippen LogP contribution is -2.28. The Hall–Kier alpha value is -0.580. The van der Waals surface area contributed by atoms with Crippen molar-refractivity contribution in [2.45, 2.75) is 51.8 Å². The molecule has 2 aliphatic rings. The molecule has 2 fully saturated rings. The van der Waals surface area contributed by atoms with Crippen LogP contribution in [-0.2, 0) is 6.54 Å². The highest BCUT2D eigenvalue weighted by Crippen LogP contribution is 2.54. The van der Waals surface area contributed by atoms with E-state index in [1.807, 2.05) is 12.1 Å². The van der Waals surface area contributed by atoms with Crippen LogP contribution in [-0.4, -0.2) is 23.4 Å². The normalized spacial score (nSPS) is 30.2. The summed E-state index contributed by atoms with van der Waals surface area (Å²) in [7, 11) is 0. The van der Waals surface area contributed by atoms with Crippen LogP contribution in [0, 0.1) is 17.8 Å². The van der Waals surface area contributed by atoms with E-state index in [1.54, 1.807) is 13.8 Å². The van der Waals surface area contributed by atoms with E-state index in [2.05, 4.69) is 34.2 Å². The molecule has 0 aromatic heterocycles. The van der Waals surface area contributed by atoms with E-state index in [4.69, 9.17) is 4.74 Å². The second-order valence-electron chi connectivity index (χ2n) is 7.62. The average molecular weight is 368 g/mol. The van der Waals surface area contributed by atoms with Crippen LogP contribution < -0.4 is 10.1 Å². The van der Waals surface area contributed by atoms with Crippen LogP contribution in [0.1, 0.15) is 39.2 Å². The molecule has 1 aromatic rings. The van der Waals surface area contributed by atoms with Crippen molar-refractivity contribution in [3.8, 4) is 5.75 Å². The molecular formula is C18H26BrNO2. The van der Waals surface area contributed by atoms with Crippen LogP contribution in [0.15, 0.2) is 22.7 Å². The largest absolute Gasteiger partial charge is 0.490 e. The van der Waals surface area contributed by atoms with Gasteiger partial charge < -0.3 is 15.2 Å². The number of ether oxygens (including phenoxy) is 1. The number of aliphatic hydroxyl groups is 1. The molecular weight excluding hydrogens is 342 g/mol. The highest BCUT2D eigenvalue weighted by atomic mass is 79.9. The number of halogens is 1. The predicted octanol–water partition coefficient (Wildman–Crippen LogP) is 3.73. The third-order valence-electron chi connectivity index (χ3n) is 4.72. The van der Waals surface area contributed by atoms with Gasteiger partial charge in [0.25, 0.3) is 0 Å². The zero-order valence-corrected chi connectivity index (χ0v) is 15.2. The van der Waals surface area contributed by atoms with E-state index in [1.165, 1.54) is 12.8 Å². The van der Waals surface area contributed by atoms with Gasteiger partial charge in [-0.25, -0.2) is 0 Å². The Balaban J connectivity index is 1.56. The average Bonchev–Trinajstić information content (AvgIpc) is 3.31. The quantitative estimate of drug-likeness (QED) is 0.771. The summed E-state index contributed by atoms with van der Waals surface area (Å²) in [5.41, 5.74) is 0.328. The fraction of sp³-hybridized carbons (Fsp3) is 0.667. The summed E-state index contributed by atoms with van der Waals surface area (Å²) in [6.45, 7) is 7.00. The van der Waals surface area contributed by atoms with E-state index < -0.39 is 5.60 Å². The number of rotatable bonds is 7. The summed E-state index contributed by atoms with van der Waals surface area (Å²) >= 11 is 3.53. The maximum absolute atomic E-state index is 9.83. The van der Waals surface area contributed by atoms with Crippen molar-refractivity contribution in [2.24, 2.45) is 17.8 Å².